The second kappa shape index (κ2) is 6.76. The molecule has 6 nitrogen and oxygen atoms in total. The summed E-state index contributed by atoms with van der Waals surface area (Å²) in [5.41, 5.74) is 0. The van der Waals surface area contributed by atoms with Crippen LogP contribution in [0, 0.1) is 4.77 Å². The number of aryl methyl sites for hydroxylation is 1. The van der Waals surface area contributed by atoms with Gasteiger partial charge in [-0.2, -0.15) is 14.9 Å². The Morgan fingerprint density at radius 1 is 1.45 bits per heavy atom. The van der Waals surface area contributed by atoms with Crippen LogP contribution in [0.3, 0.4) is 0 Å². The van der Waals surface area contributed by atoms with Gasteiger partial charge in [0, 0.05) is 25.7 Å². The third kappa shape index (κ3) is 3.13. The lowest BCUT2D eigenvalue weighted by atomic mass is 10.5. The number of aromatic amines is 1. The second-order valence-corrected chi connectivity index (χ2v) is 5.50. The highest BCUT2D eigenvalue weighted by atomic mass is 32.1. The molecule has 0 saturated carbocycles. The Bertz CT molecular complexity index is 634. The van der Waals surface area contributed by atoms with Gasteiger partial charge in [0.25, 0.3) is 0 Å². The van der Waals surface area contributed by atoms with Crippen molar-refractivity contribution in [2.24, 2.45) is 5.10 Å². The Kier molecular flexibility index (Phi) is 5.02. The number of anilines is 1. The average molecular weight is 310 g/mol. The van der Waals surface area contributed by atoms with Crippen LogP contribution in [0.1, 0.15) is 31.5 Å². The molecule has 0 amide bonds. The molecule has 108 valence electrons. The maximum atomic E-state index is 5.15. The third-order valence-electron chi connectivity index (χ3n) is 2.88. The van der Waals surface area contributed by atoms with Crippen LogP contribution in [0.5, 0.6) is 0 Å². The molecular formula is C12H18N6S2. The van der Waals surface area contributed by atoms with E-state index < -0.39 is 0 Å². The van der Waals surface area contributed by atoms with Gasteiger partial charge in [-0.25, -0.2) is 4.98 Å². The van der Waals surface area contributed by atoms with Crippen molar-refractivity contribution in [3.8, 4) is 0 Å². The maximum Gasteiger partial charge on any atom is 0.216 e. The zero-order valence-corrected chi connectivity index (χ0v) is 13.5. The molecule has 0 radical (unpaired) electrons. The maximum absolute atomic E-state index is 5.15. The van der Waals surface area contributed by atoms with Crippen LogP contribution in [0.4, 0.5) is 5.13 Å². The molecule has 0 aliphatic rings. The first-order valence-electron chi connectivity index (χ1n) is 6.61. The molecule has 0 aliphatic carbocycles. The lowest BCUT2D eigenvalue weighted by molar-refractivity contribution is 0.780. The quantitative estimate of drug-likeness (QED) is 0.658. The van der Waals surface area contributed by atoms with Gasteiger partial charge >= 0.3 is 0 Å². The molecule has 8 heteroatoms. The summed E-state index contributed by atoms with van der Waals surface area (Å²) in [4.78, 5) is 7.63. The van der Waals surface area contributed by atoms with E-state index in [1.807, 2.05) is 13.1 Å². The van der Waals surface area contributed by atoms with E-state index in [0.717, 1.165) is 35.3 Å². The first-order valence-corrected chi connectivity index (χ1v) is 7.83. The lowest BCUT2D eigenvalue weighted by Gasteiger charge is -2.16. The summed E-state index contributed by atoms with van der Waals surface area (Å²) in [5, 5.41) is 12.3. The van der Waals surface area contributed by atoms with E-state index in [0.29, 0.717) is 4.77 Å². The van der Waals surface area contributed by atoms with Crippen molar-refractivity contribution in [3.63, 3.8) is 0 Å². The van der Waals surface area contributed by atoms with Crippen molar-refractivity contribution in [2.45, 2.75) is 27.2 Å². The molecule has 1 N–H and O–H groups in total. The van der Waals surface area contributed by atoms with E-state index >= 15 is 0 Å². The van der Waals surface area contributed by atoms with Crippen molar-refractivity contribution in [2.75, 3.05) is 18.0 Å². The molecule has 0 saturated heterocycles. The van der Waals surface area contributed by atoms with Crippen molar-refractivity contribution < 1.29 is 0 Å². The van der Waals surface area contributed by atoms with E-state index in [1.54, 1.807) is 22.2 Å². The van der Waals surface area contributed by atoms with E-state index in [-0.39, 0.29) is 0 Å². The molecule has 2 heterocycles. The normalized spacial score (nSPS) is 11.3. The monoisotopic (exact) mass is 310 g/mol. The Labute approximate surface area is 127 Å². The first kappa shape index (κ1) is 14.9. The average Bonchev–Trinajstić information content (AvgIpc) is 3.05. The minimum Gasteiger partial charge on any atom is -0.349 e. The van der Waals surface area contributed by atoms with Gasteiger partial charge in [-0.1, -0.05) is 18.3 Å². The standard InChI is InChI=1S/C12H18N6S2/c1-4-10-15-16-11(19)18(10)14-8-9-7-13-12(20-9)17(5-2)6-3/h7-8H,4-6H2,1-3H3,(H,16,19)/b14-8+. The SMILES string of the molecule is CCc1n[nH]c(=S)n1/N=C/c1cnc(N(CC)CC)s1. The van der Waals surface area contributed by atoms with Gasteiger partial charge in [-0.15, -0.1) is 0 Å². The smallest absolute Gasteiger partial charge is 0.216 e. The molecule has 0 fully saturated rings. The topological polar surface area (TPSA) is 62.1 Å². The Morgan fingerprint density at radius 3 is 2.85 bits per heavy atom. The summed E-state index contributed by atoms with van der Waals surface area (Å²) in [5.74, 6) is 0.819. The van der Waals surface area contributed by atoms with Crippen molar-refractivity contribution in [1.29, 1.82) is 0 Å². The van der Waals surface area contributed by atoms with Crippen molar-refractivity contribution in [3.05, 3.63) is 21.7 Å². The van der Waals surface area contributed by atoms with E-state index in [9.17, 15) is 0 Å². The molecule has 0 spiro atoms. The minimum absolute atomic E-state index is 0.506. The van der Waals surface area contributed by atoms with Gasteiger partial charge in [0.05, 0.1) is 11.1 Å². The first-order chi connectivity index (χ1) is 9.69. The largest absolute Gasteiger partial charge is 0.349 e. The fourth-order valence-corrected chi connectivity index (χ4v) is 2.87. The number of aromatic nitrogens is 4. The fraction of sp³-hybridized carbons (Fsp3) is 0.500. The number of hydrogen-bond acceptors (Lipinski definition) is 6. The van der Waals surface area contributed by atoms with Gasteiger partial charge in [-0.3, -0.25) is 5.10 Å². The molecular weight excluding hydrogens is 292 g/mol. The Hall–Kier alpha value is -1.54. The molecule has 0 aliphatic heterocycles. The number of nitrogens with zero attached hydrogens (tertiary/aromatic N) is 5. The van der Waals surface area contributed by atoms with Gasteiger partial charge in [-0.05, 0) is 26.1 Å². The number of thiazole rings is 1. The summed E-state index contributed by atoms with van der Waals surface area (Å²) in [6, 6.07) is 0. The summed E-state index contributed by atoms with van der Waals surface area (Å²) in [6.45, 7) is 8.16. The Morgan fingerprint density at radius 2 is 2.20 bits per heavy atom. The molecule has 0 unspecified atom stereocenters. The zero-order valence-electron chi connectivity index (χ0n) is 11.8. The number of rotatable bonds is 6. The van der Waals surface area contributed by atoms with Gasteiger partial charge in [0.15, 0.2) is 11.0 Å². The predicted molar refractivity (Wildman–Crippen MR) is 85.5 cm³/mol. The van der Waals surface area contributed by atoms with Crippen LogP contribution in [0.25, 0.3) is 0 Å². The summed E-state index contributed by atoms with van der Waals surface area (Å²) in [7, 11) is 0. The van der Waals surface area contributed by atoms with Gasteiger partial charge < -0.3 is 4.90 Å². The van der Waals surface area contributed by atoms with Gasteiger partial charge in [0.1, 0.15) is 0 Å². The van der Waals surface area contributed by atoms with Gasteiger partial charge in [0.2, 0.25) is 4.77 Å². The number of hydrogen-bond donors (Lipinski definition) is 1. The fourth-order valence-electron chi connectivity index (χ4n) is 1.76. The zero-order chi connectivity index (χ0) is 14.5. The number of nitrogens with one attached hydrogen (secondary N) is 1. The van der Waals surface area contributed by atoms with Crippen LogP contribution in [0.2, 0.25) is 0 Å². The highest BCUT2D eigenvalue weighted by Gasteiger charge is 2.07. The predicted octanol–water partition coefficient (Wildman–Crippen LogP) is 2.69. The van der Waals surface area contributed by atoms with Crippen molar-refractivity contribution in [1.82, 2.24) is 19.9 Å². The summed E-state index contributed by atoms with van der Waals surface area (Å²) >= 11 is 6.77. The number of H-pyrrole nitrogens is 1. The van der Waals surface area contributed by atoms with Crippen LogP contribution in [0.15, 0.2) is 11.3 Å². The van der Waals surface area contributed by atoms with Crippen LogP contribution < -0.4 is 4.90 Å². The van der Waals surface area contributed by atoms with Crippen LogP contribution in [-0.2, 0) is 6.42 Å². The second-order valence-electron chi connectivity index (χ2n) is 4.07. The molecule has 0 atom stereocenters. The van der Waals surface area contributed by atoms with E-state index in [2.05, 4.69) is 39.0 Å². The van der Waals surface area contributed by atoms with E-state index in [4.69, 9.17) is 12.2 Å². The summed E-state index contributed by atoms with van der Waals surface area (Å²) in [6.07, 6.45) is 4.38. The third-order valence-corrected chi connectivity index (χ3v) is 4.14. The minimum atomic E-state index is 0.506. The van der Waals surface area contributed by atoms with Crippen molar-refractivity contribution >= 4 is 34.9 Å². The van der Waals surface area contributed by atoms with E-state index in [1.165, 1.54) is 0 Å². The van der Waals surface area contributed by atoms with Crippen LogP contribution in [-0.4, -0.2) is 39.2 Å². The van der Waals surface area contributed by atoms with Crippen LogP contribution >= 0.6 is 23.6 Å². The summed E-state index contributed by atoms with van der Waals surface area (Å²) < 4.78 is 2.15. The molecule has 2 aromatic heterocycles. The Balaban J connectivity index is 2.20. The highest BCUT2D eigenvalue weighted by molar-refractivity contribution is 7.71. The molecule has 2 aromatic rings. The lowest BCUT2D eigenvalue weighted by Crippen LogP contribution is -2.21. The molecule has 2 rings (SSSR count). The molecule has 0 bridgehead atoms. The molecule has 20 heavy (non-hydrogen) atoms. The highest BCUT2D eigenvalue weighted by Crippen LogP contribution is 2.20. The molecule has 0 aromatic carbocycles.